The number of methoxy groups -OCH3 is 2. The first-order valence-corrected chi connectivity index (χ1v) is 9.92. The maximum absolute atomic E-state index is 12.8. The summed E-state index contributed by atoms with van der Waals surface area (Å²) in [5.41, 5.74) is 0.915. The fourth-order valence-electron chi connectivity index (χ4n) is 3.60. The van der Waals surface area contributed by atoms with Crippen LogP contribution in [-0.4, -0.2) is 26.7 Å². The molecule has 27 heavy (non-hydrogen) atoms. The van der Waals surface area contributed by atoms with E-state index in [1.54, 1.807) is 14.2 Å². The molecule has 0 aliphatic heterocycles. The molecule has 5 heteroatoms. The molecule has 0 unspecified atom stereocenters. The molecule has 0 saturated carbocycles. The van der Waals surface area contributed by atoms with Crippen LogP contribution in [0.2, 0.25) is 0 Å². The van der Waals surface area contributed by atoms with Crippen molar-refractivity contribution in [2.75, 3.05) is 25.7 Å². The minimum atomic E-state index is 0.136. The molecule has 0 N–H and O–H groups in total. The lowest BCUT2D eigenvalue weighted by atomic mass is 9.98. The lowest BCUT2D eigenvalue weighted by Crippen LogP contribution is -2.30. The van der Waals surface area contributed by atoms with Crippen molar-refractivity contribution in [3.8, 4) is 11.5 Å². The van der Waals surface area contributed by atoms with Crippen LogP contribution in [0.25, 0.3) is 21.5 Å². The van der Waals surface area contributed by atoms with Gasteiger partial charge in [0.25, 0.3) is 0 Å². The second-order valence-electron chi connectivity index (χ2n) is 6.35. The van der Waals surface area contributed by atoms with Gasteiger partial charge in [-0.2, -0.15) is 0 Å². The molecule has 1 amide bonds. The van der Waals surface area contributed by atoms with E-state index in [0.29, 0.717) is 24.5 Å². The van der Waals surface area contributed by atoms with Crippen molar-refractivity contribution >= 4 is 49.1 Å². The third-order valence-electron chi connectivity index (χ3n) is 4.78. The second kappa shape index (κ2) is 8.17. The predicted octanol–water partition coefficient (Wildman–Crippen LogP) is 5.93. The van der Waals surface area contributed by atoms with Gasteiger partial charge >= 0.3 is 0 Å². The van der Waals surface area contributed by atoms with E-state index in [1.807, 2.05) is 43.0 Å². The van der Waals surface area contributed by atoms with Crippen molar-refractivity contribution in [2.24, 2.45) is 0 Å². The van der Waals surface area contributed by atoms with Gasteiger partial charge in [-0.05, 0) is 42.3 Å². The summed E-state index contributed by atoms with van der Waals surface area (Å²) in [4.78, 5) is 14.6. The smallest absolute Gasteiger partial charge is 0.226 e. The minimum Gasteiger partial charge on any atom is -0.493 e. The summed E-state index contributed by atoms with van der Waals surface area (Å²) in [5, 5.41) is 4.02. The van der Waals surface area contributed by atoms with Crippen molar-refractivity contribution < 1.29 is 14.3 Å². The quantitative estimate of drug-likeness (QED) is 0.456. The third kappa shape index (κ3) is 3.36. The molecule has 0 atom stereocenters. The van der Waals surface area contributed by atoms with Gasteiger partial charge in [-0.3, -0.25) is 4.79 Å². The SMILES string of the molecule is CCCC(=O)N(CC)c1cc2ccc(OC)c(OC)c2c2cccc(Br)c12. The van der Waals surface area contributed by atoms with Crippen LogP contribution in [0.4, 0.5) is 5.69 Å². The number of rotatable bonds is 6. The number of fused-ring (bicyclic) bond motifs is 3. The summed E-state index contributed by atoms with van der Waals surface area (Å²) in [7, 11) is 3.29. The van der Waals surface area contributed by atoms with E-state index in [1.165, 1.54) is 0 Å². The Kier molecular flexibility index (Phi) is 5.90. The highest BCUT2D eigenvalue weighted by Crippen LogP contribution is 2.45. The number of nitrogens with zero attached hydrogens (tertiary/aromatic N) is 1. The Morgan fingerprint density at radius 1 is 1.07 bits per heavy atom. The van der Waals surface area contributed by atoms with Crippen molar-refractivity contribution in [3.63, 3.8) is 0 Å². The van der Waals surface area contributed by atoms with E-state index in [4.69, 9.17) is 9.47 Å². The summed E-state index contributed by atoms with van der Waals surface area (Å²) in [6, 6.07) is 12.0. The van der Waals surface area contributed by atoms with Crippen molar-refractivity contribution in [2.45, 2.75) is 26.7 Å². The van der Waals surface area contributed by atoms with E-state index < -0.39 is 0 Å². The van der Waals surface area contributed by atoms with Crippen molar-refractivity contribution in [1.29, 1.82) is 0 Å². The number of ether oxygens (including phenoxy) is 2. The highest BCUT2D eigenvalue weighted by Gasteiger charge is 2.21. The molecule has 0 aromatic heterocycles. The van der Waals surface area contributed by atoms with Crippen LogP contribution in [0.5, 0.6) is 11.5 Å². The lowest BCUT2D eigenvalue weighted by molar-refractivity contribution is -0.118. The Balaban J connectivity index is 2.44. The van der Waals surface area contributed by atoms with Crippen LogP contribution < -0.4 is 14.4 Å². The third-order valence-corrected chi connectivity index (χ3v) is 5.44. The molecule has 0 bridgehead atoms. The molecule has 0 radical (unpaired) electrons. The number of carbonyl (C=O) groups is 1. The maximum Gasteiger partial charge on any atom is 0.226 e. The highest BCUT2D eigenvalue weighted by molar-refractivity contribution is 9.10. The predicted molar refractivity (Wildman–Crippen MR) is 115 cm³/mol. The maximum atomic E-state index is 12.8. The zero-order valence-electron chi connectivity index (χ0n) is 16.1. The Hall–Kier alpha value is -2.27. The zero-order chi connectivity index (χ0) is 19.6. The van der Waals surface area contributed by atoms with Crippen molar-refractivity contribution in [1.82, 2.24) is 0 Å². The molecule has 0 fully saturated rings. The van der Waals surface area contributed by atoms with Crippen LogP contribution in [0.15, 0.2) is 40.9 Å². The van der Waals surface area contributed by atoms with Crippen LogP contribution in [0.3, 0.4) is 0 Å². The Bertz CT molecular complexity index is 1000. The van der Waals surface area contributed by atoms with Crippen molar-refractivity contribution in [3.05, 3.63) is 40.9 Å². The Morgan fingerprint density at radius 3 is 2.48 bits per heavy atom. The van der Waals surface area contributed by atoms with Gasteiger partial charge in [0, 0.05) is 28.2 Å². The Morgan fingerprint density at radius 2 is 1.85 bits per heavy atom. The van der Waals surface area contributed by atoms with Crippen LogP contribution in [0.1, 0.15) is 26.7 Å². The molecule has 0 aliphatic rings. The largest absolute Gasteiger partial charge is 0.493 e. The standard InChI is InChI=1S/C22H24BrNO3/c1-5-8-19(25)24(6-2)17-13-14-11-12-18(26-3)22(27-4)20(14)15-9-7-10-16(23)21(15)17/h7,9-13H,5-6,8H2,1-4H3. The fraction of sp³-hybridized carbons (Fsp3) is 0.318. The summed E-state index contributed by atoms with van der Waals surface area (Å²) >= 11 is 3.69. The highest BCUT2D eigenvalue weighted by atomic mass is 79.9. The molecule has 3 rings (SSSR count). The lowest BCUT2D eigenvalue weighted by Gasteiger charge is -2.25. The summed E-state index contributed by atoms with van der Waals surface area (Å²) < 4.78 is 12.1. The number of anilines is 1. The molecule has 0 aliphatic carbocycles. The van der Waals surface area contributed by atoms with Gasteiger partial charge in [0.05, 0.1) is 19.9 Å². The van der Waals surface area contributed by atoms with Gasteiger partial charge in [0.2, 0.25) is 5.91 Å². The number of benzene rings is 3. The number of amides is 1. The normalized spacial score (nSPS) is 11.0. The number of hydrogen-bond donors (Lipinski definition) is 0. The summed E-state index contributed by atoms with van der Waals surface area (Å²) in [5.74, 6) is 1.53. The van der Waals surface area contributed by atoms with E-state index in [9.17, 15) is 4.79 Å². The van der Waals surface area contributed by atoms with E-state index >= 15 is 0 Å². The number of halogens is 1. The molecule has 3 aromatic rings. The molecular formula is C22H24BrNO3. The molecule has 0 heterocycles. The van der Waals surface area contributed by atoms with Gasteiger partial charge in [-0.15, -0.1) is 0 Å². The van der Waals surface area contributed by atoms with E-state index in [2.05, 4.69) is 28.1 Å². The first kappa shape index (κ1) is 19.5. The average Bonchev–Trinajstić information content (AvgIpc) is 2.67. The molecule has 0 saturated heterocycles. The molecule has 4 nitrogen and oxygen atoms in total. The first-order chi connectivity index (χ1) is 13.1. The van der Waals surface area contributed by atoms with E-state index in [-0.39, 0.29) is 5.91 Å². The number of hydrogen-bond acceptors (Lipinski definition) is 3. The minimum absolute atomic E-state index is 0.136. The Labute approximate surface area is 168 Å². The van der Waals surface area contributed by atoms with E-state index in [0.717, 1.165) is 38.1 Å². The number of carbonyl (C=O) groups excluding carboxylic acids is 1. The van der Waals surface area contributed by atoms with Gasteiger partial charge in [0.1, 0.15) is 0 Å². The monoisotopic (exact) mass is 429 g/mol. The summed E-state index contributed by atoms with van der Waals surface area (Å²) in [6.45, 7) is 4.65. The molecule has 142 valence electrons. The topological polar surface area (TPSA) is 38.8 Å². The van der Waals surface area contributed by atoms with Gasteiger partial charge < -0.3 is 14.4 Å². The molecular weight excluding hydrogens is 406 g/mol. The summed E-state index contributed by atoms with van der Waals surface area (Å²) in [6.07, 6.45) is 1.36. The van der Waals surface area contributed by atoms with Gasteiger partial charge in [-0.25, -0.2) is 0 Å². The van der Waals surface area contributed by atoms with Gasteiger partial charge in [0.15, 0.2) is 11.5 Å². The molecule has 3 aromatic carbocycles. The fourth-order valence-corrected chi connectivity index (χ4v) is 4.16. The van der Waals surface area contributed by atoms with Gasteiger partial charge in [-0.1, -0.05) is 41.1 Å². The molecule has 0 spiro atoms. The average molecular weight is 430 g/mol. The van der Waals surface area contributed by atoms with Crippen LogP contribution in [0, 0.1) is 0 Å². The van der Waals surface area contributed by atoms with Crippen LogP contribution >= 0.6 is 15.9 Å². The van der Waals surface area contributed by atoms with Crippen LogP contribution in [-0.2, 0) is 4.79 Å². The first-order valence-electron chi connectivity index (χ1n) is 9.13. The zero-order valence-corrected chi connectivity index (χ0v) is 17.7. The second-order valence-corrected chi connectivity index (χ2v) is 7.20.